The number of carbonyl (C=O) groups is 1. The van der Waals surface area contributed by atoms with E-state index in [0.29, 0.717) is 58.2 Å². The minimum absolute atomic E-state index is 0.0930. The molecule has 4 rings (SSSR count). The number of carbonyl (C=O) groups excluding carboxylic acids is 1. The standard InChI is InChI=1S/C23H29N3O6S/c1-30-22-5-3-2-4-21(22)24-10-12-25(13-11-24)23(27)18-32-19-6-8-20(9-7-19)33(28,29)26-14-16-31-17-15-26/h2-9H,10-18H2,1H3. The van der Waals surface area contributed by atoms with Crippen LogP contribution in [0.5, 0.6) is 11.5 Å². The van der Waals surface area contributed by atoms with E-state index in [-0.39, 0.29) is 17.4 Å². The molecule has 0 unspecified atom stereocenters. The van der Waals surface area contributed by atoms with Crippen molar-refractivity contribution in [1.29, 1.82) is 0 Å². The van der Waals surface area contributed by atoms with Crippen LogP contribution >= 0.6 is 0 Å². The fraction of sp³-hybridized carbons (Fsp3) is 0.435. The summed E-state index contributed by atoms with van der Waals surface area (Å²) in [7, 11) is -1.90. The Hall–Kier alpha value is -2.82. The number of ether oxygens (including phenoxy) is 3. The minimum Gasteiger partial charge on any atom is -0.495 e. The number of morpholine rings is 1. The van der Waals surface area contributed by atoms with E-state index in [2.05, 4.69) is 4.90 Å². The van der Waals surface area contributed by atoms with Crippen LogP contribution < -0.4 is 14.4 Å². The largest absolute Gasteiger partial charge is 0.495 e. The molecule has 0 N–H and O–H groups in total. The van der Waals surface area contributed by atoms with Crippen molar-refractivity contribution >= 4 is 21.6 Å². The van der Waals surface area contributed by atoms with Crippen molar-refractivity contribution in [2.75, 3.05) is 71.1 Å². The SMILES string of the molecule is COc1ccccc1N1CCN(C(=O)COc2ccc(S(=O)(=O)N3CCOCC3)cc2)CC1. The Bertz CT molecular complexity index is 1050. The normalized spacial score (nSPS) is 17.6. The number of piperazine rings is 1. The summed E-state index contributed by atoms with van der Waals surface area (Å²) in [6.45, 7) is 4.00. The van der Waals surface area contributed by atoms with E-state index < -0.39 is 10.0 Å². The van der Waals surface area contributed by atoms with Crippen molar-refractivity contribution in [2.24, 2.45) is 0 Å². The molecule has 10 heteroatoms. The van der Waals surface area contributed by atoms with E-state index in [1.54, 1.807) is 24.1 Å². The highest BCUT2D eigenvalue weighted by Gasteiger charge is 2.26. The zero-order valence-corrected chi connectivity index (χ0v) is 19.5. The Morgan fingerprint density at radius 1 is 0.939 bits per heavy atom. The first kappa shape index (κ1) is 23.3. The monoisotopic (exact) mass is 475 g/mol. The second-order valence-electron chi connectivity index (χ2n) is 7.82. The molecule has 0 aromatic heterocycles. The third-order valence-electron chi connectivity index (χ3n) is 5.85. The van der Waals surface area contributed by atoms with Crippen molar-refractivity contribution in [2.45, 2.75) is 4.90 Å². The predicted molar refractivity (Wildman–Crippen MR) is 123 cm³/mol. The highest BCUT2D eigenvalue weighted by atomic mass is 32.2. The molecule has 0 atom stereocenters. The van der Waals surface area contributed by atoms with Gasteiger partial charge in [-0.2, -0.15) is 4.31 Å². The van der Waals surface area contributed by atoms with E-state index in [1.807, 2.05) is 24.3 Å². The van der Waals surface area contributed by atoms with E-state index in [1.165, 1.54) is 16.4 Å². The van der Waals surface area contributed by atoms with Crippen LogP contribution in [0.1, 0.15) is 0 Å². The highest BCUT2D eigenvalue weighted by molar-refractivity contribution is 7.89. The third kappa shape index (κ3) is 5.40. The Balaban J connectivity index is 1.28. The Morgan fingerprint density at radius 2 is 1.61 bits per heavy atom. The average Bonchev–Trinajstić information content (AvgIpc) is 2.88. The minimum atomic E-state index is -3.55. The Morgan fingerprint density at radius 3 is 2.27 bits per heavy atom. The topological polar surface area (TPSA) is 88.6 Å². The smallest absolute Gasteiger partial charge is 0.260 e. The second kappa shape index (κ2) is 10.4. The molecule has 0 bridgehead atoms. The predicted octanol–water partition coefficient (Wildman–Crippen LogP) is 1.44. The number of benzene rings is 2. The van der Waals surface area contributed by atoms with Gasteiger partial charge in [-0.3, -0.25) is 4.79 Å². The summed E-state index contributed by atoms with van der Waals surface area (Å²) >= 11 is 0. The summed E-state index contributed by atoms with van der Waals surface area (Å²) in [6.07, 6.45) is 0. The van der Waals surface area contributed by atoms with Crippen molar-refractivity contribution in [1.82, 2.24) is 9.21 Å². The molecular formula is C23H29N3O6S. The number of hydrogen-bond donors (Lipinski definition) is 0. The van der Waals surface area contributed by atoms with Gasteiger partial charge < -0.3 is 24.0 Å². The second-order valence-corrected chi connectivity index (χ2v) is 9.75. The molecule has 33 heavy (non-hydrogen) atoms. The lowest BCUT2D eigenvalue weighted by atomic mass is 10.2. The number of para-hydroxylation sites is 2. The van der Waals surface area contributed by atoms with E-state index in [0.717, 1.165) is 11.4 Å². The molecule has 2 fully saturated rings. The number of anilines is 1. The van der Waals surface area contributed by atoms with E-state index in [4.69, 9.17) is 14.2 Å². The fourth-order valence-electron chi connectivity index (χ4n) is 3.97. The number of methoxy groups -OCH3 is 1. The lowest BCUT2D eigenvalue weighted by Crippen LogP contribution is -2.50. The summed E-state index contributed by atoms with van der Waals surface area (Å²) in [5, 5.41) is 0. The molecule has 2 saturated heterocycles. The first-order chi connectivity index (χ1) is 16.0. The molecule has 9 nitrogen and oxygen atoms in total. The van der Waals surface area contributed by atoms with Crippen molar-refractivity contribution in [3.05, 3.63) is 48.5 Å². The van der Waals surface area contributed by atoms with Gasteiger partial charge in [-0.25, -0.2) is 8.42 Å². The summed E-state index contributed by atoms with van der Waals surface area (Å²) in [6, 6.07) is 14.0. The maximum absolute atomic E-state index is 12.7. The number of hydrogen-bond acceptors (Lipinski definition) is 7. The molecule has 0 radical (unpaired) electrons. The summed E-state index contributed by atoms with van der Waals surface area (Å²) in [4.78, 5) is 16.8. The molecule has 2 aromatic carbocycles. The summed E-state index contributed by atoms with van der Waals surface area (Å²) in [5.74, 6) is 1.18. The third-order valence-corrected chi connectivity index (χ3v) is 7.76. The fourth-order valence-corrected chi connectivity index (χ4v) is 5.38. The maximum Gasteiger partial charge on any atom is 0.260 e. The van der Waals surface area contributed by atoms with Crippen LogP contribution in [0.3, 0.4) is 0 Å². The lowest BCUT2D eigenvalue weighted by molar-refractivity contribution is -0.133. The molecule has 2 aliphatic rings. The molecule has 0 aliphatic carbocycles. The summed E-state index contributed by atoms with van der Waals surface area (Å²) < 4.78 is 43.1. The Kier molecular flexibility index (Phi) is 7.36. The van der Waals surface area contributed by atoms with Gasteiger partial charge in [0.2, 0.25) is 10.0 Å². The van der Waals surface area contributed by atoms with Crippen LogP contribution in [0, 0.1) is 0 Å². The zero-order chi connectivity index (χ0) is 23.3. The quantitative estimate of drug-likeness (QED) is 0.599. The van der Waals surface area contributed by atoms with Crippen LogP contribution in [-0.4, -0.2) is 89.7 Å². The molecule has 1 amide bonds. The number of nitrogens with zero attached hydrogens (tertiary/aromatic N) is 3. The first-order valence-electron chi connectivity index (χ1n) is 11.0. The van der Waals surface area contributed by atoms with Crippen LogP contribution in [-0.2, 0) is 19.6 Å². The number of sulfonamides is 1. The molecule has 2 aromatic rings. The van der Waals surface area contributed by atoms with Crippen molar-refractivity contribution in [3.8, 4) is 11.5 Å². The van der Waals surface area contributed by atoms with Crippen LogP contribution in [0.15, 0.2) is 53.4 Å². The molecule has 2 aliphatic heterocycles. The molecule has 178 valence electrons. The van der Waals surface area contributed by atoms with Crippen LogP contribution in [0.4, 0.5) is 5.69 Å². The lowest BCUT2D eigenvalue weighted by Gasteiger charge is -2.36. The van der Waals surface area contributed by atoms with Crippen LogP contribution in [0.25, 0.3) is 0 Å². The van der Waals surface area contributed by atoms with Gasteiger partial charge in [0, 0.05) is 39.3 Å². The maximum atomic E-state index is 12.7. The average molecular weight is 476 g/mol. The van der Waals surface area contributed by atoms with Gasteiger partial charge >= 0.3 is 0 Å². The summed E-state index contributed by atoms with van der Waals surface area (Å²) in [5.41, 5.74) is 1.02. The first-order valence-corrected chi connectivity index (χ1v) is 12.4. The van der Waals surface area contributed by atoms with E-state index in [9.17, 15) is 13.2 Å². The van der Waals surface area contributed by atoms with Crippen molar-refractivity contribution in [3.63, 3.8) is 0 Å². The van der Waals surface area contributed by atoms with E-state index >= 15 is 0 Å². The number of amides is 1. The van der Waals surface area contributed by atoms with Gasteiger partial charge in [0.05, 0.1) is 30.9 Å². The highest BCUT2D eigenvalue weighted by Crippen LogP contribution is 2.28. The molecule has 2 heterocycles. The van der Waals surface area contributed by atoms with Gasteiger partial charge in [0.25, 0.3) is 5.91 Å². The zero-order valence-electron chi connectivity index (χ0n) is 18.7. The van der Waals surface area contributed by atoms with Gasteiger partial charge in [-0.1, -0.05) is 12.1 Å². The Labute approximate surface area is 194 Å². The van der Waals surface area contributed by atoms with Gasteiger partial charge in [-0.05, 0) is 36.4 Å². The van der Waals surface area contributed by atoms with Gasteiger partial charge in [0.1, 0.15) is 11.5 Å². The molecule has 0 saturated carbocycles. The van der Waals surface area contributed by atoms with Crippen LogP contribution in [0.2, 0.25) is 0 Å². The molecular weight excluding hydrogens is 446 g/mol. The van der Waals surface area contributed by atoms with Crippen molar-refractivity contribution < 1.29 is 27.4 Å². The molecule has 0 spiro atoms. The van der Waals surface area contributed by atoms with Gasteiger partial charge in [0.15, 0.2) is 6.61 Å². The van der Waals surface area contributed by atoms with Gasteiger partial charge in [-0.15, -0.1) is 0 Å². The number of rotatable bonds is 7.